The molecule has 3 aromatic carbocycles. The maximum absolute atomic E-state index is 14.1. The Morgan fingerprint density at radius 2 is 1.71 bits per heavy atom. The molecule has 4 aliphatic heterocycles. The number of ether oxygens (including phenoxy) is 1. The van der Waals surface area contributed by atoms with Crippen LogP contribution in [0.5, 0.6) is 5.75 Å². The summed E-state index contributed by atoms with van der Waals surface area (Å²) in [5.41, 5.74) is 8.13. The van der Waals surface area contributed by atoms with Crippen LogP contribution in [0, 0.1) is 11.3 Å². The van der Waals surface area contributed by atoms with E-state index in [-0.39, 0.29) is 36.5 Å². The number of unbranched alkanes of at least 4 members (excludes halogenated alkanes) is 2. The van der Waals surface area contributed by atoms with Crippen LogP contribution >= 0.6 is 0 Å². The number of imide groups is 1. The summed E-state index contributed by atoms with van der Waals surface area (Å²) in [6, 6.07) is 17.3. The van der Waals surface area contributed by atoms with Gasteiger partial charge in [-0.1, -0.05) is 32.9 Å². The number of fused-ring (bicyclic) bond motifs is 5. The largest absolute Gasteiger partial charge is 0.493 e. The standard InChI is InChI=1S/C49H55N7O6/c1-4-31-26-35-37(49(2,3)46-44(45(35)59)34-13-12-30(28-50)25-38(34)51-46)27-40(31)54-18-16-32(17-19-54)53-20-22-55(23-21-53)43(58)11-6-5-7-24-62-41-10-8-9-33-36(41)29-56(48(33)61)39-14-15-42(57)52-47(39)60/h8-10,12-13,25-27,32,39,51H,4-7,11,14-24,29H2,1-3H3,(H,52,57,60). The number of amides is 4. The lowest BCUT2D eigenvalue weighted by molar-refractivity contribution is -0.137. The number of benzene rings is 3. The SMILES string of the molecule is CCc1cc2c(cc1N1CCC(N3CCN(C(=O)CCCCCOc4cccc5c4CN(C4CCC(=O)NC4=O)C5=O)CC3)CC1)C(C)(C)c1[nH]c3cc(C#N)ccc3c1C2=O. The van der Waals surface area contributed by atoms with Gasteiger partial charge in [-0.3, -0.25) is 34.2 Å². The number of anilines is 1. The molecule has 3 saturated heterocycles. The number of ketones is 1. The average molecular weight is 838 g/mol. The topological polar surface area (TPSA) is 159 Å². The fraction of sp³-hybridized carbons (Fsp3) is 0.469. The molecular formula is C49H55N7O6. The predicted molar refractivity (Wildman–Crippen MR) is 234 cm³/mol. The van der Waals surface area contributed by atoms with E-state index in [0.29, 0.717) is 42.4 Å². The van der Waals surface area contributed by atoms with Gasteiger partial charge in [0.1, 0.15) is 11.8 Å². The summed E-state index contributed by atoms with van der Waals surface area (Å²) in [5, 5.41) is 12.7. The molecule has 62 heavy (non-hydrogen) atoms. The van der Waals surface area contributed by atoms with E-state index in [1.807, 2.05) is 23.1 Å². The number of nitriles is 1. The maximum Gasteiger partial charge on any atom is 0.255 e. The molecule has 13 heteroatoms. The van der Waals surface area contributed by atoms with Crippen LogP contribution in [0.15, 0.2) is 48.5 Å². The van der Waals surface area contributed by atoms with Crippen molar-refractivity contribution in [3.63, 3.8) is 0 Å². The van der Waals surface area contributed by atoms with Gasteiger partial charge in [0.25, 0.3) is 5.91 Å². The van der Waals surface area contributed by atoms with Gasteiger partial charge in [0.15, 0.2) is 5.78 Å². The van der Waals surface area contributed by atoms with Crippen molar-refractivity contribution in [2.45, 2.75) is 103 Å². The molecular weight excluding hydrogens is 783 g/mol. The highest BCUT2D eigenvalue weighted by Gasteiger charge is 2.42. The molecule has 1 aliphatic carbocycles. The number of hydrogen-bond acceptors (Lipinski definition) is 9. The number of nitrogens with one attached hydrogen (secondary N) is 2. The minimum absolute atomic E-state index is 0.0447. The quantitative estimate of drug-likeness (QED) is 0.137. The predicted octanol–water partition coefficient (Wildman–Crippen LogP) is 5.99. The number of carbonyl (C=O) groups excluding carboxylic acids is 5. The van der Waals surface area contributed by atoms with Gasteiger partial charge in [0, 0.05) is 103 Å². The summed E-state index contributed by atoms with van der Waals surface area (Å²) in [6.45, 7) is 12.4. The summed E-state index contributed by atoms with van der Waals surface area (Å²) in [6.07, 6.45) is 6.40. The summed E-state index contributed by atoms with van der Waals surface area (Å²) in [4.78, 5) is 76.7. The molecule has 4 aromatic rings. The van der Waals surface area contributed by atoms with Gasteiger partial charge in [0.05, 0.1) is 30.3 Å². The van der Waals surface area contributed by atoms with Gasteiger partial charge in [0.2, 0.25) is 17.7 Å². The van der Waals surface area contributed by atoms with Crippen molar-refractivity contribution in [3.8, 4) is 11.8 Å². The molecule has 5 aliphatic rings. The van der Waals surface area contributed by atoms with Crippen LogP contribution in [0.1, 0.15) is 126 Å². The normalized spacial score (nSPS) is 20.2. The van der Waals surface area contributed by atoms with Gasteiger partial charge in [-0.25, -0.2) is 0 Å². The van der Waals surface area contributed by atoms with Crippen LogP contribution < -0.4 is 15.0 Å². The lowest BCUT2D eigenvalue weighted by atomic mass is 9.70. The second-order valence-electron chi connectivity index (χ2n) is 18.1. The van der Waals surface area contributed by atoms with Crippen molar-refractivity contribution in [1.29, 1.82) is 5.26 Å². The molecule has 1 atom stereocenters. The number of aromatic amines is 1. The number of aryl methyl sites for hydroxylation is 1. The van der Waals surface area contributed by atoms with Crippen molar-refractivity contribution in [1.82, 2.24) is 25.0 Å². The van der Waals surface area contributed by atoms with Gasteiger partial charge >= 0.3 is 0 Å². The van der Waals surface area contributed by atoms with Crippen LogP contribution in [-0.2, 0) is 32.8 Å². The number of carbonyl (C=O) groups is 5. The first-order chi connectivity index (χ1) is 30.0. The Kier molecular flexibility index (Phi) is 11.1. The molecule has 0 saturated carbocycles. The number of rotatable bonds is 11. The lowest BCUT2D eigenvalue weighted by Crippen LogP contribution is -2.54. The van der Waals surface area contributed by atoms with E-state index in [1.54, 1.807) is 18.2 Å². The third-order valence-corrected chi connectivity index (χ3v) is 14.1. The molecule has 322 valence electrons. The number of piperidine rings is 2. The smallest absolute Gasteiger partial charge is 0.255 e. The summed E-state index contributed by atoms with van der Waals surface area (Å²) in [5.74, 6) is -0.0627. The number of hydrogen-bond donors (Lipinski definition) is 2. The second kappa shape index (κ2) is 16.7. The van der Waals surface area contributed by atoms with E-state index >= 15 is 0 Å². The van der Waals surface area contributed by atoms with E-state index < -0.39 is 17.4 Å². The van der Waals surface area contributed by atoms with Crippen molar-refractivity contribution in [2.24, 2.45) is 0 Å². The van der Waals surface area contributed by atoms with E-state index in [4.69, 9.17) is 4.74 Å². The van der Waals surface area contributed by atoms with Crippen LogP contribution in [0.2, 0.25) is 0 Å². The van der Waals surface area contributed by atoms with E-state index in [1.165, 1.54) is 16.2 Å². The first-order valence-electron chi connectivity index (χ1n) is 22.4. The molecule has 1 unspecified atom stereocenters. The Morgan fingerprint density at radius 1 is 0.919 bits per heavy atom. The molecule has 9 rings (SSSR count). The van der Waals surface area contributed by atoms with Gasteiger partial charge in [-0.2, -0.15) is 5.26 Å². The first kappa shape index (κ1) is 41.4. The average Bonchev–Trinajstić information content (AvgIpc) is 3.85. The Hall–Kier alpha value is -6.00. The summed E-state index contributed by atoms with van der Waals surface area (Å²) >= 11 is 0. The maximum atomic E-state index is 14.1. The van der Waals surface area contributed by atoms with Crippen molar-refractivity contribution >= 4 is 46.0 Å². The fourth-order valence-corrected chi connectivity index (χ4v) is 10.6. The summed E-state index contributed by atoms with van der Waals surface area (Å²) < 4.78 is 6.12. The third-order valence-electron chi connectivity index (χ3n) is 14.1. The molecule has 5 heterocycles. The molecule has 2 N–H and O–H groups in total. The van der Waals surface area contributed by atoms with E-state index in [0.717, 1.165) is 117 Å². The molecule has 4 amide bonds. The number of piperazine rings is 1. The first-order valence-corrected chi connectivity index (χ1v) is 22.4. The monoisotopic (exact) mass is 837 g/mol. The van der Waals surface area contributed by atoms with Crippen LogP contribution in [0.25, 0.3) is 10.9 Å². The van der Waals surface area contributed by atoms with Gasteiger partial charge in [-0.05, 0) is 92.5 Å². The van der Waals surface area contributed by atoms with E-state index in [2.05, 4.69) is 59.1 Å². The second-order valence-corrected chi connectivity index (χ2v) is 18.1. The van der Waals surface area contributed by atoms with Crippen molar-refractivity contribution < 1.29 is 28.7 Å². The Bertz CT molecular complexity index is 2520. The van der Waals surface area contributed by atoms with Crippen molar-refractivity contribution in [2.75, 3.05) is 50.8 Å². The molecule has 3 fully saturated rings. The highest BCUT2D eigenvalue weighted by atomic mass is 16.5. The van der Waals surface area contributed by atoms with Crippen molar-refractivity contribution in [3.05, 3.63) is 93.2 Å². The zero-order valence-electron chi connectivity index (χ0n) is 36.0. The zero-order valence-corrected chi connectivity index (χ0v) is 36.0. The number of H-pyrrole nitrogens is 1. The van der Waals surface area contributed by atoms with Gasteiger partial charge in [-0.15, -0.1) is 0 Å². The van der Waals surface area contributed by atoms with Crippen LogP contribution in [-0.4, -0.2) is 107 Å². The number of nitrogens with zero attached hydrogens (tertiary/aromatic N) is 5. The lowest BCUT2D eigenvalue weighted by Gasteiger charge is -2.44. The molecule has 0 spiro atoms. The molecule has 1 aromatic heterocycles. The fourth-order valence-electron chi connectivity index (χ4n) is 10.6. The van der Waals surface area contributed by atoms with E-state index in [9.17, 15) is 29.2 Å². The minimum Gasteiger partial charge on any atom is -0.493 e. The third kappa shape index (κ3) is 7.42. The van der Waals surface area contributed by atoms with Crippen LogP contribution in [0.3, 0.4) is 0 Å². The highest BCUT2D eigenvalue weighted by Crippen LogP contribution is 2.46. The van der Waals surface area contributed by atoms with Crippen LogP contribution in [0.4, 0.5) is 5.69 Å². The highest BCUT2D eigenvalue weighted by molar-refractivity contribution is 6.20. The minimum atomic E-state index is -0.663. The Morgan fingerprint density at radius 3 is 2.45 bits per heavy atom. The Labute approximate surface area is 362 Å². The molecule has 13 nitrogen and oxygen atoms in total. The zero-order chi connectivity index (χ0) is 43.3. The van der Waals surface area contributed by atoms with Gasteiger partial charge < -0.3 is 24.4 Å². The summed E-state index contributed by atoms with van der Waals surface area (Å²) in [7, 11) is 0. The number of aromatic nitrogens is 1. The molecule has 0 bridgehead atoms. The Balaban J connectivity index is 0.728. The molecule has 0 radical (unpaired) electrons.